The Morgan fingerprint density at radius 2 is 1.74 bits per heavy atom. The fourth-order valence-corrected chi connectivity index (χ4v) is 1.44. The van der Waals surface area contributed by atoms with Gasteiger partial charge in [0, 0.05) is 25.7 Å². The summed E-state index contributed by atoms with van der Waals surface area (Å²) < 4.78 is 0. The molecule has 0 fully saturated rings. The van der Waals surface area contributed by atoms with Crippen molar-refractivity contribution < 1.29 is 0 Å². The van der Waals surface area contributed by atoms with E-state index in [9.17, 15) is 0 Å². The first-order valence-electron chi connectivity index (χ1n) is 7.06. The summed E-state index contributed by atoms with van der Waals surface area (Å²) in [6.45, 7) is 8.55. The van der Waals surface area contributed by atoms with Gasteiger partial charge < -0.3 is 15.5 Å². The van der Waals surface area contributed by atoms with E-state index in [-0.39, 0.29) is 29.5 Å². The summed E-state index contributed by atoms with van der Waals surface area (Å²) in [5.74, 6) is 0.904. The van der Waals surface area contributed by atoms with Gasteiger partial charge in [0.1, 0.15) is 0 Å². The molecule has 0 saturated carbocycles. The van der Waals surface area contributed by atoms with Gasteiger partial charge in [-0.3, -0.25) is 4.99 Å². The largest absolute Gasteiger partial charge is 0.356 e. The smallest absolute Gasteiger partial charge is 0.191 e. The molecule has 0 atom stereocenters. The maximum absolute atomic E-state index is 4.24. The van der Waals surface area contributed by atoms with Gasteiger partial charge in [0.2, 0.25) is 0 Å². The van der Waals surface area contributed by atoms with Crippen molar-refractivity contribution in [2.24, 2.45) is 4.99 Å². The molecule has 0 aliphatic carbocycles. The summed E-state index contributed by atoms with van der Waals surface area (Å²) in [5.41, 5.74) is 0.125. The number of aliphatic imine (C=N–C) groups is 1. The molecule has 0 aromatic rings. The van der Waals surface area contributed by atoms with Crippen LogP contribution in [0.1, 0.15) is 46.5 Å². The minimum atomic E-state index is 0. The van der Waals surface area contributed by atoms with Crippen molar-refractivity contribution in [3.63, 3.8) is 0 Å². The number of nitrogens with zero attached hydrogens (tertiary/aromatic N) is 2. The van der Waals surface area contributed by atoms with Crippen molar-refractivity contribution in [2.45, 2.75) is 52.0 Å². The van der Waals surface area contributed by atoms with E-state index < -0.39 is 0 Å². The second-order valence-corrected chi connectivity index (χ2v) is 5.62. The van der Waals surface area contributed by atoms with Crippen molar-refractivity contribution in [3.8, 4) is 0 Å². The van der Waals surface area contributed by atoms with Crippen LogP contribution in [0.4, 0.5) is 0 Å². The second-order valence-electron chi connectivity index (χ2n) is 5.62. The Hall–Kier alpha value is -0.0400. The van der Waals surface area contributed by atoms with E-state index in [0.29, 0.717) is 0 Å². The average Bonchev–Trinajstić information content (AvgIpc) is 2.32. The van der Waals surface area contributed by atoms with Crippen molar-refractivity contribution >= 4 is 29.9 Å². The molecule has 0 rings (SSSR count). The van der Waals surface area contributed by atoms with Crippen molar-refractivity contribution in [1.29, 1.82) is 0 Å². The quantitative estimate of drug-likeness (QED) is 0.293. The van der Waals surface area contributed by atoms with E-state index in [2.05, 4.69) is 55.4 Å². The summed E-state index contributed by atoms with van der Waals surface area (Å²) >= 11 is 0. The summed E-state index contributed by atoms with van der Waals surface area (Å²) in [4.78, 5) is 6.46. The number of hydrogen-bond donors (Lipinski definition) is 2. The van der Waals surface area contributed by atoms with Crippen LogP contribution < -0.4 is 10.6 Å². The van der Waals surface area contributed by atoms with Crippen LogP contribution in [0.5, 0.6) is 0 Å². The van der Waals surface area contributed by atoms with Gasteiger partial charge in [-0.2, -0.15) is 0 Å². The molecule has 0 spiro atoms. The average molecular weight is 384 g/mol. The van der Waals surface area contributed by atoms with E-state index in [0.717, 1.165) is 19.0 Å². The number of hydrogen-bond acceptors (Lipinski definition) is 2. The van der Waals surface area contributed by atoms with Gasteiger partial charge in [-0.15, -0.1) is 24.0 Å². The lowest BCUT2D eigenvalue weighted by Crippen LogP contribution is -2.50. The van der Waals surface area contributed by atoms with Crippen molar-refractivity contribution in [2.75, 3.05) is 34.2 Å². The zero-order valence-corrected chi connectivity index (χ0v) is 15.9. The Kier molecular flexibility index (Phi) is 13.2. The van der Waals surface area contributed by atoms with Crippen LogP contribution in [0.25, 0.3) is 0 Å². The molecule has 0 saturated heterocycles. The Bertz CT molecular complexity index is 240. The third-order valence-corrected chi connectivity index (χ3v) is 3.45. The standard InChI is InChI=1S/C14H32N4.HI/c1-7-8-9-10-11-16-13(15-4)17-12-14(2,3)18(5)6;/h7-12H2,1-6H3,(H2,15,16,17);1H. The molecule has 19 heavy (non-hydrogen) atoms. The molecule has 0 radical (unpaired) electrons. The maximum Gasteiger partial charge on any atom is 0.191 e. The van der Waals surface area contributed by atoms with Crippen LogP contribution in [-0.2, 0) is 0 Å². The molecule has 5 heteroatoms. The van der Waals surface area contributed by atoms with Gasteiger partial charge in [0.05, 0.1) is 0 Å². The summed E-state index contributed by atoms with van der Waals surface area (Å²) in [5, 5.41) is 6.74. The van der Waals surface area contributed by atoms with Crippen molar-refractivity contribution in [3.05, 3.63) is 0 Å². The lowest BCUT2D eigenvalue weighted by Gasteiger charge is -2.33. The monoisotopic (exact) mass is 384 g/mol. The summed E-state index contributed by atoms with van der Waals surface area (Å²) in [6.07, 6.45) is 5.11. The van der Waals surface area contributed by atoms with Gasteiger partial charge in [0.25, 0.3) is 0 Å². The first kappa shape index (κ1) is 21.3. The van der Waals surface area contributed by atoms with Crippen LogP contribution in [0.3, 0.4) is 0 Å². The van der Waals surface area contributed by atoms with E-state index in [1.54, 1.807) is 0 Å². The number of unbranched alkanes of at least 4 members (excludes halogenated alkanes) is 3. The van der Waals surface area contributed by atoms with Crippen LogP contribution in [0, 0.1) is 0 Å². The Balaban J connectivity index is 0. The van der Waals surface area contributed by atoms with E-state index in [1.165, 1.54) is 25.7 Å². The predicted molar refractivity (Wildman–Crippen MR) is 96.7 cm³/mol. The molecule has 0 aliphatic heterocycles. The highest BCUT2D eigenvalue weighted by molar-refractivity contribution is 14.0. The minimum Gasteiger partial charge on any atom is -0.356 e. The fraction of sp³-hybridized carbons (Fsp3) is 0.929. The molecule has 0 heterocycles. The normalized spacial score (nSPS) is 12.3. The Labute approximate surface area is 136 Å². The van der Waals surface area contributed by atoms with Crippen molar-refractivity contribution in [1.82, 2.24) is 15.5 Å². The van der Waals surface area contributed by atoms with Gasteiger partial charge in [-0.25, -0.2) is 0 Å². The highest BCUT2D eigenvalue weighted by Crippen LogP contribution is 2.07. The zero-order valence-electron chi connectivity index (χ0n) is 13.5. The van der Waals surface area contributed by atoms with Crippen LogP contribution >= 0.6 is 24.0 Å². The summed E-state index contributed by atoms with van der Waals surface area (Å²) in [7, 11) is 6.02. The lowest BCUT2D eigenvalue weighted by molar-refractivity contribution is 0.197. The molecule has 116 valence electrons. The molecule has 4 nitrogen and oxygen atoms in total. The van der Waals surface area contributed by atoms with E-state index in [4.69, 9.17) is 0 Å². The topological polar surface area (TPSA) is 39.7 Å². The molecule has 0 aromatic heterocycles. The number of likely N-dealkylation sites (N-methyl/N-ethyl adjacent to an activating group) is 1. The lowest BCUT2D eigenvalue weighted by atomic mass is 10.0. The number of nitrogens with one attached hydrogen (secondary N) is 2. The van der Waals surface area contributed by atoms with Gasteiger partial charge in [0.15, 0.2) is 5.96 Å². The molecule has 0 aromatic carbocycles. The highest BCUT2D eigenvalue weighted by atomic mass is 127. The molecular weight excluding hydrogens is 351 g/mol. The Morgan fingerprint density at radius 3 is 2.21 bits per heavy atom. The van der Waals surface area contributed by atoms with Gasteiger partial charge >= 0.3 is 0 Å². The van der Waals surface area contributed by atoms with Crippen LogP contribution in [0.2, 0.25) is 0 Å². The highest BCUT2D eigenvalue weighted by Gasteiger charge is 2.20. The van der Waals surface area contributed by atoms with Crippen LogP contribution in [-0.4, -0.2) is 50.6 Å². The summed E-state index contributed by atoms with van der Waals surface area (Å²) in [6, 6.07) is 0. The van der Waals surface area contributed by atoms with Gasteiger partial charge in [-0.05, 0) is 34.4 Å². The molecular formula is C14H33IN4. The maximum atomic E-state index is 4.24. The van der Waals surface area contributed by atoms with E-state index >= 15 is 0 Å². The third kappa shape index (κ3) is 10.4. The zero-order chi connectivity index (χ0) is 14.0. The number of rotatable bonds is 8. The SMILES string of the molecule is CCCCCCNC(=NC)NCC(C)(C)N(C)C.I. The van der Waals surface area contributed by atoms with Gasteiger partial charge in [-0.1, -0.05) is 26.2 Å². The second kappa shape index (κ2) is 11.8. The molecule has 0 bridgehead atoms. The number of halogens is 1. The third-order valence-electron chi connectivity index (χ3n) is 3.45. The fourth-order valence-electron chi connectivity index (χ4n) is 1.44. The molecule has 0 aliphatic rings. The first-order valence-corrected chi connectivity index (χ1v) is 7.06. The predicted octanol–water partition coefficient (Wildman–Crippen LogP) is 2.69. The van der Waals surface area contributed by atoms with Crippen LogP contribution in [0.15, 0.2) is 4.99 Å². The minimum absolute atomic E-state index is 0. The number of guanidine groups is 1. The molecule has 0 amide bonds. The Morgan fingerprint density at radius 1 is 1.11 bits per heavy atom. The first-order chi connectivity index (χ1) is 8.44. The molecule has 0 unspecified atom stereocenters. The molecule has 2 N–H and O–H groups in total. The van der Waals surface area contributed by atoms with E-state index in [1.807, 2.05) is 7.05 Å².